The van der Waals surface area contributed by atoms with Crippen LogP contribution in [0.25, 0.3) is 0 Å². The summed E-state index contributed by atoms with van der Waals surface area (Å²) in [6, 6.07) is 15.5. The second-order valence-electron chi connectivity index (χ2n) is 7.22. The molecule has 30 heavy (non-hydrogen) atoms. The lowest BCUT2D eigenvalue weighted by Gasteiger charge is -2.35. The zero-order valence-corrected chi connectivity index (χ0v) is 18.2. The first-order valence-corrected chi connectivity index (χ1v) is 12.8. The summed E-state index contributed by atoms with van der Waals surface area (Å²) in [5.41, 5.74) is 1.06. The lowest BCUT2D eigenvalue weighted by Crippen LogP contribution is -2.48. The van der Waals surface area contributed by atoms with E-state index in [2.05, 4.69) is 4.90 Å². The SMILES string of the molecule is O=S(=O)(c1cccc(S(=O)(=O)N2CCN(c3ccccc3)CC2)c1)N1CCOCC1. The maximum Gasteiger partial charge on any atom is 0.243 e. The normalized spacial score (nSPS) is 19.7. The number of nitrogens with zero attached hydrogens (tertiary/aromatic N) is 3. The standard InChI is InChI=1S/C20H25N3O5S2/c24-29(25,22-11-9-21(10-12-22)18-5-2-1-3-6-18)19-7-4-8-20(17-19)30(26,27)23-13-15-28-16-14-23/h1-8,17H,9-16H2. The van der Waals surface area contributed by atoms with E-state index in [1.54, 1.807) is 0 Å². The first kappa shape index (κ1) is 21.3. The van der Waals surface area contributed by atoms with Crippen LogP contribution in [0.3, 0.4) is 0 Å². The molecule has 0 saturated carbocycles. The lowest BCUT2D eigenvalue weighted by molar-refractivity contribution is 0.0730. The van der Waals surface area contributed by atoms with Crippen LogP contribution in [0.5, 0.6) is 0 Å². The highest BCUT2D eigenvalue weighted by atomic mass is 32.2. The van der Waals surface area contributed by atoms with E-state index in [1.165, 1.54) is 32.9 Å². The van der Waals surface area contributed by atoms with E-state index in [-0.39, 0.29) is 22.9 Å². The minimum Gasteiger partial charge on any atom is -0.379 e. The number of piperazine rings is 1. The summed E-state index contributed by atoms with van der Waals surface area (Å²) in [4.78, 5) is 2.14. The van der Waals surface area contributed by atoms with E-state index in [4.69, 9.17) is 4.74 Å². The van der Waals surface area contributed by atoms with Gasteiger partial charge in [-0.25, -0.2) is 16.8 Å². The number of sulfonamides is 2. The van der Waals surface area contributed by atoms with Crippen molar-refractivity contribution in [1.29, 1.82) is 0 Å². The number of anilines is 1. The van der Waals surface area contributed by atoms with Gasteiger partial charge >= 0.3 is 0 Å². The molecule has 0 spiro atoms. The fraction of sp³-hybridized carbons (Fsp3) is 0.400. The van der Waals surface area contributed by atoms with E-state index in [0.29, 0.717) is 39.4 Å². The Morgan fingerprint density at radius 1 is 0.633 bits per heavy atom. The first-order chi connectivity index (χ1) is 14.4. The number of hydrogen-bond donors (Lipinski definition) is 0. The second-order valence-corrected chi connectivity index (χ2v) is 11.1. The van der Waals surface area contributed by atoms with Crippen molar-refractivity contribution in [3.63, 3.8) is 0 Å². The monoisotopic (exact) mass is 451 g/mol. The Hall–Kier alpha value is -1.98. The number of morpholine rings is 1. The molecule has 2 fully saturated rings. The minimum absolute atomic E-state index is 0.00463. The summed E-state index contributed by atoms with van der Waals surface area (Å²) in [7, 11) is -7.54. The third-order valence-corrected chi connectivity index (χ3v) is 9.20. The molecule has 10 heteroatoms. The smallest absolute Gasteiger partial charge is 0.243 e. The molecular weight excluding hydrogens is 426 g/mol. The molecule has 0 amide bonds. The van der Waals surface area contributed by atoms with Gasteiger partial charge in [-0.3, -0.25) is 0 Å². The summed E-state index contributed by atoms with van der Waals surface area (Å²) in [6.07, 6.45) is 0. The number of para-hydroxylation sites is 1. The van der Waals surface area contributed by atoms with Gasteiger partial charge in [-0.1, -0.05) is 24.3 Å². The molecule has 8 nitrogen and oxygen atoms in total. The molecular formula is C20H25N3O5S2. The molecule has 2 aromatic carbocycles. The van der Waals surface area contributed by atoms with E-state index in [9.17, 15) is 16.8 Å². The Kier molecular flexibility index (Phi) is 6.12. The molecule has 2 aromatic rings. The Labute approximate surface area is 177 Å². The van der Waals surface area contributed by atoms with Crippen molar-refractivity contribution in [2.45, 2.75) is 9.79 Å². The zero-order valence-electron chi connectivity index (χ0n) is 16.6. The quantitative estimate of drug-likeness (QED) is 0.679. The Bertz CT molecular complexity index is 1080. The van der Waals surface area contributed by atoms with E-state index < -0.39 is 20.0 Å². The van der Waals surface area contributed by atoms with Gasteiger partial charge in [0.25, 0.3) is 0 Å². The van der Waals surface area contributed by atoms with Gasteiger partial charge in [-0.05, 0) is 30.3 Å². The van der Waals surface area contributed by atoms with Crippen LogP contribution in [0.15, 0.2) is 64.4 Å². The number of hydrogen-bond acceptors (Lipinski definition) is 6. The van der Waals surface area contributed by atoms with Gasteiger partial charge in [0, 0.05) is 45.0 Å². The number of benzene rings is 2. The first-order valence-electron chi connectivity index (χ1n) is 9.87. The van der Waals surface area contributed by atoms with Gasteiger partial charge in [0.1, 0.15) is 0 Å². The van der Waals surface area contributed by atoms with Crippen molar-refractivity contribution in [2.75, 3.05) is 57.4 Å². The van der Waals surface area contributed by atoms with Crippen LogP contribution in [-0.4, -0.2) is 77.9 Å². The van der Waals surface area contributed by atoms with Gasteiger partial charge in [-0.15, -0.1) is 0 Å². The van der Waals surface area contributed by atoms with Gasteiger partial charge < -0.3 is 9.64 Å². The van der Waals surface area contributed by atoms with Crippen LogP contribution in [0.2, 0.25) is 0 Å². The van der Waals surface area contributed by atoms with Crippen LogP contribution in [0.4, 0.5) is 5.69 Å². The van der Waals surface area contributed by atoms with Gasteiger partial charge in [0.2, 0.25) is 20.0 Å². The van der Waals surface area contributed by atoms with Crippen molar-refractivity contribution in [1.82, 2.24) is 8.61 Å². The van der Waals surface area contributed by atoms with Crippen molar-refractivity contribution in [3.8, 4) is 0 Å². The molecule has 0 bridgehead atoms. The molecule has 2 aliphatic rings. The van der Waals surface area contributed by atoms with Crippen LogP contribution in [0, 0.1) is 0 Å². The van der Waals surface area contributed by atoms with E-state index in [1.807, 2.05) is 30.3 Å². The maximum absolute atomic E-state index is 13.2. The minimum atomic E-state index is -3.78. The van der Waals surface area contributed by atoms with Crippen LogP contribution in [0.1, 0.15) is 0 Å². The topological polar surface area (TPSA) is 87.2 Å². The molecule has 2 heterocycles. The summed E-state index contributed by atoms with van der Waals surface area (Å²) < 4.78 is 60.1. The molecule has 162 valence electrons. The Morgan fingerprint density at radius 3 is 1.73 bits per heavy atom. The van der Waals surface area contributed by atoms with Crippen LogP contribution >= 0.6 is 0 Å². The molecule has 0 aliphatic carbocycles. The molecule has 0 aromatic heterocycles. The number of rotatable bonds is 5. The Balaban J connectivity index is 1.52. The molecule has 0 atom stereocenters. The summed E-state index contributed by atoms with van der Waals surface area (Å²) in [5.74, 6) is 0. The fourth-order valence-corrected chi connectivity index (χ4v) is 6.70. The molecule has 0 radical (unpaired) electrons. The second kappa shape index (κ2) is 8.64. The predicted octanol–water partition coefficient (Wildman–Crippen LogP) is 1.22. The average Bonchev–Trinajstić information content (AvgIpc) is 2.80. The summed E-state index contributed by atoms with van der Waals surface area (Å²) >= 11 is 0. The molecule has 2 saturated heterocycles. The fourth-order valence-electron chi connectivity index (χ4n) is 3.71. The van der Waals surface area contributed by atoms with Crippen LogP contribution < -0.4 is 4.90 Å². The predicted molar refractivity (Wildman–Crippen MR) is 113 cm³/mol. The van der Waals surface area contributed by atoms with E-state index >= 15 is 0 Å². The van der Waals surface area contributed by atoms with Gasteiger partial charge in [-0.2, -0.15) is 8.61 Å². The molecule has 2 aliphatic heterocycles. The third-order valence-electron chi connectivity index (χ3n) is 5.41. The number of ether oxygens (including phenoxy) is 1. The third kappa shape index (κ3) is 4.23. The van der Waals surface area contributed by atoms with Gasteiger partial charge in [0.05, 0.1) is 23.0 Å². The molecule has 4 rings (SSSR count). The highest BCUT2D eigenvalue weighted by Crippen LogP contribution is 2.24. The van der Waals surface area contributed by atoms with Crippen molar-refractivity contribution >= 4 is 25.7 Å². The van der Waals surface area contributed by atoms with Crippen LogP contribution in [-0.2, 0) is 24.8 Å². The molecule has 0 N–H and O–H groups in total. The maximum atomic E-state index is 13.2. The lowest BCUT2D eigenvalue weighted by atomic mass is 10.2. The Morgan fingerprint density at radius 2 is 1.17 bits per heavy atom. The highest BCUT2D eigenvalue weighted by molar-refractivity contribution is 7.90. The zero-order chi connectivity index (χ0) is 21.2. The van der Waals surface area contributed by atoms with Crippen molar-refractivity contribution in [3.05, 3.63) is 54.6 Å². The van der Waals surface area contributed by atoms with Crippen molar-refractivity contribution < 1.29 is 21.6 Å². The average molecular weight is 452 g/mol. The largest absolute Gasteiger partial charge is 0.379 e. The van der Waals surface area contributed by atoms with Crippen molar-refractivity contribution in [2.24, 2.45) is 0 Å². The van der Waals surface area contributed by atoms with Gasteiger partial charge in [0.15, 0.2) is 0 Å². The van der Waals surface area contributed by atoms with E-state index in [0.717, 1.165) is 5.69 Å². The molecule has 0 unspecified atom stereocenters. The summed E-state index contributed by atoms with van der Waals surface area (Å²) in [5, 5.41) is 0. The highest BCUT2D eigenvalue weighted by Gasteiger charge is 2.31. The summed E-state index contributed by atoms with van der Waals surface area (Å²) in [6.45, 7) is 3.05.